The molecule has 9 heteroatoms. The van der Waals surface area contributed by atoms with Gasteiger partial charge in [-0.2, -0.15) is 0 Å². The molecule has 0 aromatic carbocycles. The highest BCUT2D eigenvalue weighted by Crippen LogP contribution is 2.17. The molecule has 0 N–H and O–H groups in total. The Morgan fingerprint density at radius 1 is 0.316 bits per heavy atom. The molecular weight excluding hydrogens is 1170 g/mol. The van der Waals surface area contributed by atoms with E-state index in [0.29, 0.717) is 17.4 Å². The smallest absolute Gasteiger partial charge is 0.306 e. The number of esters is 2. The van der Waals surface area contributed by atoms with Crippen molar-refractivity contribution < 1.29 is 42.9 Å². The van der Waals surface area contributed by atoms with Crippen LogP contribution in [0.2, 0.25) is 0 Å². The monoisotopic (exact) mass is 1310 g/mol. The zero-order valence-electron chi connectivity index (χ0n) is 61.2. The average Bonchev–Trinajstić information content (AvgIpc) is 3.75. The molecule has 2 unspecified atom stereocenters. The van der Waals surface area contributed by atoms with Gasteiger partial charge in [-0.25, -0.2) is 0 Å². The summed E-state index contributed by atoms with van der Waals surface area (Å²) in [5.74, 6) is -2.31. The van der Waals surface area contributed by atoms with Crippen molar-refractivity contribution >= 4 is 17.9 Å². The van der Waals surface area contributed by atoms with Crippen LogP contribution in [0.3, 0.4) is 0 Å². The van der Waals surface area contributed by atoms with Crippen LogP contribution in [0.15, 0.2) is 182 Å². The van der Waals surface area contributed by atoms with E-state index in [1.165, 1.54) is 96.3 Å². The summed E-state index contributed by atoms with van der Waals surface area (Å²) in [7, 11) is 5.92. The number of ether oxygens (including phenoxy) is 4. The molecule has 0 radical (unpaired) electrons. The molecule has 0 saturated heterocycles. The Balaban J connectivity index is 4.17. The van der Waals surface area contributed by atoms with Crippen LogP contribution in [-0.2, 0) is 33.3 Å². The number of hydrogen-bond donors (Lipinski definition) is 0. The lowest BCUT2D eigenvalue weighted by Crippen LogP contribution is -2.44. The molecule has 95 heavy (non-hydrogen) atoms. The Labute approximate surface area is 583 Å². The molecule has 0 aromatic rings. The molecule has 0 aliphatic rings. The highest BCUT2D eigenvalue weighted by Gasteiger charge is 2.22. The van der Waals surface area contributed by atoms with Crippen LogP contribution in [0.1, 0.15) is 284 Å². The van der Waals surface area contributed by atoms with Gasteiger partial charge in [-0.05, 0) is 135 Å². The number of hydrogen-bond acceptors (Lipinski definition) is 8. The molecule has 0 spiro atoms. The first-order chi connectivity index (χ1) is 46.6. The van der Waals surface area contributed by atoms with Gasteiger partial charge in [0.15, 0.2) is 12.4 Å². The minimum atomic E-state index is -1.64. The first-order valence-electron chi connectivity index (χ1n) is 37.9. The number of carboxylic acids is 1. The molecule has 0 heterocycles. The van der Waals surface area contributed by atoms with Gasteiger partial charge in [0, 0.05) is 12.8 Å². The van der Waals surface area contributed by atoms with Gasteiger partial charge in [0.25, 0.3) is 0 Å². The van der Waals surface area contributed by atoms with Gasteiger partial charge >= 0.3 is 11.9 Å². The summed E-state index contributed by atoms with van der Waals surface area (Å²) in [6, 6.07) is 0. The van der Waals surface area contributed by atoms with Crippen LogP contribution in [0, 0.1) is 0 Å². The standard InChI is InChI=1S/C86H139NO8/c1-6-8-10-12-14-16-18-20-22-24-26-28-30-32-34-36-38-40-41-42-43-45-47-49-51-53-55-57-59-61-63-65-67-69-71-73-75-77-84(89)95-82(81-94-86(85(90)91)92-79-78-87(3,4)5)80-93-83(88)76-74-72-70-68-66-64-62-60-58-56-54-52-50-48-46-44-39-37-35-33-31-29-27-25-23-21-19-17-15-13-11-9-7-2/h8-11,14-17,20-23,26-29,32-35,38,40,42-43,47,49,53,55,59,61,82,86H,6-7,12-13,18-19,24-25,30-31,36-37,39,41,44-46,48,50-52,54,56-58,60,62-81H2,1-5H3/b10-8-,11-9-,16-14-,17-15-,22-20-,23-21-,28-26-,29-27-,34-32-,35-33-,40-38-,43-42-,49-47-,55-53-,61-59-. The van der Waals surface area contributed by atoms with Crippen LogP contribution in [0.4, 0.5) is 0 Å². The summed E-state index contributed by atoms with van der Waals surface area (Å²) in [5, 5.41) is 11.9. The van der Waals surface area contributed by atoms with Crippen molar-refractivity contribution in [3.63, 3.8) is 0 Å². The largest absolute Gasteiger partial charge is 0.545 e. The zero-order chi connectivity index (χ0) is 69.0. The Hall–Kier alpha value is -5.61. The van der Waals surface area contributed by atoms with Crippen molar-refractivity contribution in [3.8, 4) is 0 Å². The molecule has 0 rings (SSSR count). The lowest BCUT2D eigenvalue weighted by atomic mass is 10.0. The topological polar surface area (TPSA) is 111 Å². The van der Waals surface area contributed by atoms with Crippen molar-refractivity contribution in [1.82, 2.24) is 0 Å². The minimum absolute atomic E-state index is 0.136. The third kappa shape index (κ3) is 75.6. The summed E-state index contributed by atoms with van der Waals surface area (Å²) in [6.07, 6.45) is 110. The summed E-state index contributed by atoms with van der Waals surface area (Å²) in [5.41, 5.74) is 0. The van der Waals surface area contributed by atoms with Gasteiger partial charge in [-0.3, -0.25) is 9.59 Å². The second-order valence-electron chi connectivity index (χ2n) is 25.8. The maximum Gasteiger partial charge on any atom is 0.306 e. The average molecular weight is 1320 g/mol. The Morgan fingerprint density at radius 3 is 0.842 bits per heavy atom. The number of quaternary nitrogens is 1. The number of unbranched alkanes of at least 4 members (excludes halogenated alkanes) is 23. The molecule has 0 bridgehead atoms. The van der Waals surface area contributed by atoms with Crippen LogP contribution in [-0.4, -0.2) is 82.3 Å². The van der Waals surface area contributed by atoms with E-state index in [1.54, 1.807) is 0 Å². The fourth-order valence-electron chi connectivity index (χ4n) is 9.95. The number of carboxylic acid groups (broad SMARTS) is 1. The Kier molecular flexibility index (Phi) is 69.8. The van der Waals surface area contributed by atoms with E-state index in [2.05, 4.69) is 196 Å². The van der Waals surface area contributed by atoms with Gasteiger partial charge in [0.05, 0.1) is 40.3 Å². The van der Waals surface area contributed by atoms with Crippen LogP contribution < -0.4 is 5.11 Å². The van der Waals surface area contributed by atoms with E-state index in [9.17, 15) is 19.5 Å². The number of likely N-dealkylation sites (N-methyl/N-ethyl adjacent to an activating group) is 1. The lowest BCUT2D eigenvalue weighted by Gasteiger charge is -2.26. The fraction of sp³-hybridized carbons (Fsp3) is 0.616. The number of carbonyl (C=O) groups excluding carboxylic acids is 3. The Morgan fingerprint density at radius 2 is 0.568 bits per heavy atom. The zero-order valence-corrected chi connectivity index (χ0v) is 61.2. The van der Waals surface area contributed by atoms with Crippen molar-refractivity contribution in [3.05, 3.63) is 182 Å². The lowest BCUT2D eigenvalue weighted by molar-refractivity contribution is -0.870. The molecular formula is C86H139NO8. The third-order valence-electron chi connectivity index (χ3n) is 15.6. The van der Waals surface area contributed by atoms with E-state index in [1.807, 2.05) is 21.1 Å². The second-order valence-corrected chi connectivity index (χ2v) is 25.8. The normalized spacial score (nSPS) is 13.7. The highest BCUT2D eigenvalue weighted by atomic mass is 16.7. The van der Waals surface area contributed by atoms with E-state index < -0.39 is 24.3 Å². The molecule has 2 atom stereocenters. The number of rotatable bonds is 68. The van der Waals surface area contributed by atoms with E-state index in [-0.39, 0.29) is 38.6 Å². The van der Waals surface area contributed by atoms with Gasteiger partial charge < -0.3 is 33.3 Å². The van der Waals surface area contributed by atoms with Crippen molar-refractivity contribution in [1.29, 1.82) is 0 Å². The van der Waals surface area contributed by atoms with Gasteiger partial charge in [0.1, 0.15) is 13.2 Å². The first kappa shape index (κ1) is 89.4. The van der Waals surface area contributed by atoms with E-state index >= 15 is 0 Å². The first-order valence-corrected chi connectivity index (χ1v) is 37.9. The van der Waals surface area contributed by atoms with Crippen LogP contribution >= 0.6 is 0 Å². The Bertz CT molecular complexity index is 2220. The van der Waals surface area contributed by atoms with Gasteiger partial charge in [0.2, 0.25) is 0 Å². The number of nitrogens with zero attached hydrogens (tertiary/aromatic N) is 1. The molecule has 0 fully saturated rings. The minimum Gasteiger partial charge on any atom is -0.545 e. The molecule has 0 aliphatic heterocycles. The second kappa shape index (κ2) is 74.2. The maximum absolute atomic E-state index is 13.0. The fourth-order valence-corrected chi connectivity index (χ4v) is 9.95. The highest BCUT2D eigenvalue weighted by molar-refractivity contribution is 5.70. The van der Waals surface area contributed by atoms with E-state index in [0.717, 1.165) is 154 Å². The molecule has 0 aromatic heterocycles. The van der Waals surface area contributed by atoms with Crippen molar-refractivity contribution in [2.45, 2.75) is 296 Å². The number of aliphatic carboxylic acids is 1. The summed E-state index contributed by atoms with van der Waals surface area (Å²) in [4.78, 5) is 37.6. The molecule has 9 nitrogen and oxygen atoms in total. The van der Waals surface area contributed by atoms with Gasteiger partial charge in [-0.15, -0.1) is 0 Å². The molecule has 536 valence electrons. The number of allylic oxidation sites excluding steroid dienone is 30. The molecule has 0 amide bonds. The van der Waals surface area contributed by atoms with Crippen molar-refractivity contribution in [2.24, 2.45) is 0 Å². The third-order valence-corrected chi connectivity index (χ3v) is 15.6. The predicted octanol–water partition coefficient (Wildman–Crippen LogP) is 23.0. The quantitative estimate of drug-likeness (QED) is 0.0195. The SMILES string of the molecule is CC/C=C\C/C=C\C/C=C\C/C=C\C/C=C\C/C=C\C/C=C\C/C=C\C/C=C\C/C=C\CCCCCCCCC(=O)OC(COC(=O)CCCCCCCCCCCCCCCCCCC/C=C\C/C=C\C/C=C\C/C=C\C/C=C\CC)COC(OCC[N+](C)(C)C)C(=O)[O-]. The van der Waals surface area contributed by atoms with Gasteiger partial charge in [-0.1, -0.05) is 318 Å². The predicted molar refractivity (Wildman–Crippen MR) is 407 cm³/mol. The van der Waals surface area contributed by atoms with Crippen LogP contribution in [0.25, 0.3) is 0 Å². The summed E-state index contributed by atoms with van der Waals surface area (Å²) >= 11 is 0. The molecule has 0 aliphatic carbocycles. The maximum atomic E-state index is 13.0. The van der Waals surface area contributed by atoms with E-state index in [4.69, 9.17) is 18.9 Å². The molecule has 0 saturated carbocycles. The van der Waals surface area contributed by atoms with Crippen LogP contribution in [0.5, 0.6) is 0 Å². The van der Waals surface area contributed by atoms with Crippen molar-refractivity contribution in [2.75, 3.05) is 47.5 Å². The summed E-state index contributed by atoms with van der Waals surface area (Å²) in [6.45, 7) is 4.50. The number of carbonyl (C=O) groups is 3. The summed E-state index contributed by atoms with van der Waals surface area (Å²) < 4.78 is 22.8.